The Morgan fingerprint density at radius 1 is 1.17 bits per heavy atom. The summed E-state index contributed by atoms with van der Waals surface area (Å²) in [5, 5.41) is 12.7. The predicted octanol–water partition coefficient (Wildman–Crippen LogP) is 6.55. The van der Waals surface area contributed by atoms with Crippen molar-refractivity contribution >= 4 is 44.4 Å². The van der Waals surface area contributed by atoms with Crippen LogP contribution >= 0.6 is 27.3 Å². The average Bonchev–Trinajstić information content (AvgIpc) is 3.06. The zero-order valence-electron chi connectivity index (χ0n) is 16.4. The number of anilines is 1. The largest absolute Gasteiger partial charge is 0.297 e. The van der Waals surface area contributed by atoms with Crippen molar-refractivity contribution in [2.75, 3.05) is 5.32 Å². The number of carbonyl (C=O) groups is 1. The summed E-state index contributed by atoms with van der Waals surface area (Å²) in [6, 6.07) is 17.7. The van der Waals surface area contributed by atoms with E-state index >= 15 is 0 Å². The van der Waals surface area contributed by atoms with Crippen LogP contribution in [0.1, 0.15) is 35.8 Å². The number of nitrogens with one attached hydrogen (secondary N) is 1. The van der Waals surface area contributed by atoms with Crippen molar-refractivity contribution in [3.05, 3.63) is 74.6 Å². The van der Waals surface area contributed by atoms with E-state index in [2.05, 4.69) is 40.1 Å². The third kappa shape index (κ3) is 5.20. The molecule has 0 spiro atoms. The quantitative estimate of drug-likeness (QED) is 0.343. The molecular weight excluding hydrogens is 446 g/mol. The minimum absolute atomic E-state index is 0.0420. The van der Waals surface area contributed by atoms with Crippen LogP contribution in [0.25, 0.3) is 17.3 Å². The average molecular weight is 466 g/mol. The maximum atomic E-state index is 12.6. The van der Waals surface area contributed by atoms with Crippen LogP contribution in [0.5, 0.6) is 0 Å². The number of thiazole rings is 1. The van der Waals surface area contributed by atoms with Crippen LogP contribution in [0, 0.1) is 18.3 Å². The second-order valence-electron chi connectivity index (χ2n) is 6.88. The first-order valence-electron chi connectivity index (χ1n) is 9.14. The van der Waals surface area contributed by atoms with Crippen molar-refractivity contribution in [2.45, 2.75) is 26.7 Å². The van der Waals surface area contributed by atoms with Crippen molar-refractivity contribution < 1.29 is 4.79 Å². The Bertz CT molecular complexity index is 1090. The zero-order valence-corrected chi connectivity index (χ0v) is 18.8. The van der Waals surface area contributed by atoms with Crippen LogP contribution in [-0.4, -0.2) is 10.9 Å². The number of hydrogen-bond acceptors (Lipinski definition) is 4. The molecule has 4 nitrogen and oxygen atoms in total. The fourth-order valence-corrected chi connectivity index (χ4v) is 3.88. The smallest absolute Gasteiger partial charge is 0.268 e. The number of aryl methyl sites for hydroxylation is 1. The molecule has 0 saturated carbocycles. The van der Waals surface area contributed by atoms with Gasteiger partial charge in [0.15, 0.2) is 5.13 Å². The third-order valence-electron chi connectivity index (χ3n) is 4.41. The molecule has 1 N–H and O–H groups in total. The topological polar surface area (TPSA) is 65.8 Å². The lowest BCUT2D eigenvalue weighted by molar-refractivity contribution is -0.112. The van der Waals surface area contributed by atoms with Crippen LogP contribution in [0.3, 0.4) is 0 Å². The van der Waals surface area contributed by atoms with Gasteiger partial charge in [0.25, 0.3) is 5.91 Å². The number of amides is 1. The second-order valence-corrected chi connectivity index (χ2v) is 8.99. The Morgan fingerprint density at radius 3 is 2.41 bits per heavy atom. The maximum Gasteiger partial charge on any atom is 0.268 e. The van der Waals surface area contributed by atoms with Crippen LogP contribution in [-0.2, 0) is 4.79 Å². The Labute approximate surface area is 183 Å². The summed E-state index contributed by atoms with van der Waals surface area (Å²) in [5.41, 5.74) is 3.87. The first-order valence-corrected chi connectivity index (χ1v) is 10.7. The molecular formula is C23H20BrN3OS. The van der Waals surface area contributed by atoms with E-state index in [1.807, 2.05) is 61.5 Å². The summed E-state index contributed by atoms with van der Waals surface area (Å²) in [7, 11) is 0. The van der Waals surface area contributed by atoms with E-state index in [0.717, 1.165) is 26.2 Å². The number of benzene rings is 2. The van der Waals surface area contributed by atoms with Crippen molar-refractivity contribution in [1.29, 1.82) is 5.26 Å². The molecule has 0 aliphatic carbocycles. The number of rotatable bonds is 5. The molecule has 29 heavy (non-hydrogen) atoms. The minimum Gasteiger partial charge on any atom is -0.297 e. The molecule has 1 aromatic heterocycles. The SMILES string of the molecule is Cc1sc(NC(=O)/C(C#N)=C/c2ccc(C(C)C)cc2)nc1-c1ccc(Br)cc1. The lowest BCUT2D eigenvalue weighted by Crippen LogP contribution is -2.13. The van der Waals surface area contributed by atoms with Crippen molar-refractivity contribution in [2.24, 2.45) is 0 Å². The molecule has 0 fully saturated rings. The molecule has 2 aromatic carbocycles. The van der Waals surface area contributed by atoms with Gasteiger partial charge in [0, 0.05) is 14.9 Å². The monoisotopic (exact) mass is 465 g/mol. The number of hydrogen-bond donors (Lipinski definition) is 1. The Morgan fingerprint density at radius 2 is 1.83 bits per heavy atom. The Kier molecular flexibility index (Phi) is 6.63. The molecule has 0 aliphatic rings. The molecule has 0 bridgehead atoms. The normalized spacial score (nSPS) is 11.4. The standard InChI is InChI=1S/C23H20BrN3OS/c1-14(2)17-6-4-16(5-7-17)12-19(13-25)22(28)27-23-26-21(15(3)29-23)18-8-10-20(24)11-9-18/h4-12,14H,1-3H3,(H,26,27,28)/b19-12+. The Hall–Kier alpha value is -2.75. The molecule has 1 heterocycles. The van der Waals surface area contributed by atoms with E-state index in [9.17, 15) is 10.1 Å². The Balaban J connectivity index is 1.78. The van der Waals surface area contributed by atoms with Gasteiger partial charge in [0.05, 0.1) is 5.69 Å². The third-order valence-corrected chi connectivity index (χ3v) is 5.83. The molecule has 0 saturated heterocycles. The molecule has 3 rings (SSSR count). The van der Waals surface area contributed by atoms with Gasteiger partial charge in [-0.2, -0.15) is 5.26 Å². The van der Waals surface area contributed by atoms with Gasteiger partial charge < -0.3 is 0 Å². The fourth-order valence-electron chi connectivity index (χ4n) is 2.78. The number of aromatic nitrogens is 1. The van der Waals surface area contributed by atoms with Gasteiger partial charge in [0.1, 0.15) is 11.6 Å². The highest BCUT2D eigenvalue weighted by molar-refractivity contribution is 9.10. The summed E-state index contributed by atoms with van der Waals surface area (Å²) in [5.74, 6) is -0.0311. The van der Waals surface area contributed by atoms with Crippen LogP contribution in [0.2, 0.25) is 0 Å². The fraction of sp³-hybridized carbons (Fsp3) is 0.174. The van der Waals surface area contributed by atoms with E-state index in [4.69, 9.17) is 0 Å². The van der Waals surface area contributed by atoms with Gasteiger partial charge in [0.2, 0.25) is 0 Å². The maximum absolute atomic E-state index is 12.6. The van der Waals surface area contributed by atoms with Crippen LogP contribution < -0.4 is 5.32 Å². The molecule has 3 aromatic rings. The number of nitriles is 1. The molecule has 0 radical (unpaired) electrons. The lowest BCUT2D eigenvalue weighted by Gasteiger charge is -2.05. The zero-order chi connectivity index (χ0) is 21.0. The molecule has 0 unspecified atom stereocenters. The summed E-state index contributed by atoms with van der Waals surface area (Å²) in [6.45, 7) is 6.21. The van der Waals surface area contributed by atoms with E-state index < -0.39 is 5.91 Å². The van der Waals surface area contributed by atoms with E-state index in [1.165, 1.54) is 16.9 Å². The van der Waals surface area contributed by atoms with Gasteiger partial charge in [-0.1, -0.05) is 66.2 Å². The van der Waals surface area contributed by atoms with Gasteiger partial charge in [-0.05, 0) is 42.2 Å². The summed E-state index contributed by atoms with van der Waals surface area (Å²) < 4.78 is 0.993. The van der Waals surface area contributed by atoms with E-state index in [0.29, 0.717) is 11.0 Å². The number of nitrogens with zero attached hydrogens (tertiary/aromatic N) is 2. The highest BCUT2D eigenvalue weighted by Gasteiger charge is 2.15. The molecule has 6 heteroatoms. The molecule has 1 amide bonds. The number of carbonyl (C=O) groups excluding carboxylic acids is 1. The molecule has 146 valence electrons. The minimum atomic E-state index is -0.462. The van der Waals surface area contributed by atoms with Crippen LogP contribution in [0.15, 0.2) is 58.6 Å². The number of halogens is 1. The lowest BCUT2D eigenvalue weighted by atomic mass is 10.0. The summed E-state index contributed by atoms with van der Waals surface area (Å²) in [4.78, 5) is 18.1. The first kappa shape index (κ1) is 21.0. The molecule has 0 atom stereocenters. The first-order chi connectivity index (χ1) is 13.9. The van der Waals surface area contributed by atoms with E-state index in [1.54, 1.807) is 6.08 Å². The highest BCUT2D eigenvalue weighted by Crippen LogP contribution is 2.31. The van der Waals surface area contributed by atoms with Crippen LogP contribution in [0.4, 0.5) is 5.13 Å². The van der Waals surface area contributed by atoms with Crippen molar-refractivity contribution in [1.82, 2.24) is 4.98 Å². The van der Waals surface area contributed by atoms with Gasteiger partial charge in [-0.15, -0.1) is 11.3 Å². The predicted molar refractivity (Wildman–Crippen MR) is 123 cm³/mol. The highest BCUT2D eigenvalue weighted by atomic mass is 79.9. The van der Waals surface area contributed by atoms with Gasteiger partial charge in [-0.3, -0.25) is 10.1 Å². The second kappa shape index (κ2) is 9.17. The summed E-state index contributed by atoms with van der Waals surface area (Å²) >= 11 is 4.81. The summed E-state index contributed by atoms with van der Waals surface area (Å²) in [6.07, 6.45) is 1.59. The van der Waals surface area contributed by atoms with E-state index in [-0.39, 0.29) is 5.57 Å². The van der Waals surface area contributed by atoms with Gasteiger partial charge in [-0.25, -0.2) is 4.98 Å². The van der Waals surface area contributed by atoms with Gasteiger partial charge >= 0.3 is 0 Å². The molecule has 0 aliphatic heterocycles. The van der Waals surface area contributed by atoms with Crippen molar-refractivity contribution in [3.8, 4) is 17.3 Å². The van der Waals surface area contributed by atoms with Crippen molar-refractivity contribution in [3.63, 3.8) is 0 Å².